The average Bonchev–Trinajstić information content (AvgIpc) is 2.99. The fourth-order valence-corrected chi connectivity index (χ4v) is 2.65. The van der Waals surface area contributed by atoms with Gasteiger partial charge in [-0.2, -0.15) is 10.2 Å². The van der Waals surface area contributed by atoms with Crippen molar-refractivity contribution >= 4 is 28.3 Å². The Hall–Kier alpha value is -2.51. The Balaban J connectivity index is 2.14. The third-order valence-electron chi connectivity index (χ3n) is 3.50. The quantitative estimate of drug-likeness (QED) is 0.682. The lowest BCUT2D eigenvalue weighted by atomic mass is 10.0. The van der Waals surface area contributed by atoms with Gasteiger partial charge >= 0.3 is 0 Å². The van der Waals surface area contributed by atoms with E-state index in [1.807, 2.05) is 49.5 Å². The van der Waals surface area contributed by atoms with Crippen molar-refractivity contribution in [3.05, 3.63) is 48.2 Å². The van der Waals surface area contributed by atoms with Crippen molar-refractivity contribution in [3.63, 3.8) is 0 Å². The van der Waals surface area contributed by atoms with Crippen LogP contribution in [-0.2, 0) is 0 Å². The number of aromatic nitrogens is 1. The summed E-state index contributed by atoms with van der Waals surface area (Å²) < 4.78 is 5.85. The zero-order valence-electron chi connectivity index (χ0n) is 12.1. The lowest BCUT2D eigenvalue weighted by molar-refractivity contribution is 0.565. The summed E-state index contributed by atoms with van der Waals surface area (Å²) in [6.45, 7) is 0.584. The van der Waals surface area contributed by atoms with Gasteiger partial charge in [0, 0.05) is 25.0 Å². The van der Waals surface area contributed by atoms with Crippen LogP contribution in [-0.4, -0.2) is 24.5 Å². The Morgan fingerprint density at radius 2 is 2.00 bits per heavy atom. The van der Waals surface area contributed by atoms with Gasteiger partial charge in [-0.3, -0.25) is 0 Å². The number of rotatable bonds is 4. The van der Waals surface area contributed by atoms with Crippen LogP contribution in [0.1, 0.15) is 5.69 Å². The van der Waals surface area contributed by atoms with Crippen LogP contribution in [0.5, 0.6) is 0 Å². The van der Waals surface area contributed by atoms with Crippen LogP contribution in [0.15, 0.2) is 46.9 Å². The first-order valence-electron chi connectivity index (χ1n) is 6.90. The molecule has 0 N–H and O–H groups in total. The summed E-state index contributed by atoms with van der Waals surface area (Å²) in [4.78, 5) is 6.14. The second kappa shape index (κ2) is 6.08. The topological polar surface area (TPSA) is 53.1 Å². The lowest BCUT2D eigenvalue weighted by Crippen LogP contribution is -2.19. The van der Waals surface area contributed by atoms with Crippen molar-refractivity contribution in [2.45, 2.75) is 0 Å². The molecule has 0 bridgehead atoms. The second-order valence-electron chi connectivity index (χ2n) is 4.92. The van der Waals surface area contributed by atoms with Crippen LogP contribution < -0.4 is 4.90 Å². The van der Waals surface area contributed by atoms with Gasteiger partial charge in [-0.15, -0.1) is 11.6 Å². The Bertz CT molecular complexity index is 845. The maximum atomic E-state index is 9.28. The Labute approximate surface area is 133 Å². The van der Waals surface area contributed by atoms with Crippen LogP contribution in [0.4, 0.5) is 5.88 Å². The van der Waals surface area contributed by atoms with E-state index in [4.69, 9.17) is 16.0 Å². The van der Waals surface area contributed by atoms with Crippen LogP contribution in [0.25, 0.3) is 22.2 Å². The maximum Gasteiger partial charge on any atom is 0.234 e. The number of halogens is 1. The Morgan fingerprint density at radius 1 is 1.23 bits per heavy atom. The molecule has 0 aliphatic rings. The molecule has 0 spiro atoms. The highest BCUT2D eigenvalue weighted by Crippen LogP contribution is 2.32. The van der Waals surface area contributed by atoms with Crippen LogP contribution >= 0.6 is 11.6 Å². The van der Waals surface area contributed by atoms with Gasteiger partial charge in [0.25, 0.3) is 0 Å². The predicted octanol–water partition coefficient (Wildman–Crippen LogP) is 4.04. The summed E-state index contributed by atoms with van der Waals surface area (Å²) >= 11 is 5.76. The molecule has 0 aliphatic heterocycles. The zero-order valence-corrected chi connectivity index (χ0v) is 12.8. The molecule has 0 fully saturated rings. The molecule has 0 aliphatic carbocycles. The number of hydrogen-bond donors (Lipinski definition) is 0. The van der Waals surface area contributed by atoms with Crippen LogP contribution in [0.2, 0.25) is 0 Å². The summed E-state index contributed by atoms with van der Waals surface area (Å²) in [5.41, 5.74) is 1.15. The lowest BCUT2D eigenvalue weighted by Gasteiger charge is -2.13. The Kier molecular flexibility index (Phi) is 3.99. The predicted molar refractivity (Wildman–Crippen MR) is 88.2 cm³/mol. The minimum atomic E-state index is 0.274. The minimum Gasteiger partial charge on any atom is -0.419 e. The second-order valence-corrected chi connectivity index (χ2v) is 5.30. The molecule has 3 rings (SSSR count). The van der Waals surface area contributed by atoms with E-state index in [-0.39, 0.29) is 5.69 Å². The number of oxazole rings is 1. The molecule has 22 heavy (non-hydrogen) atoms. The van der Waals surface area contributed by atoms with E-state index in [0.29, 0.717) is 24.2 Å². The Morgan fingerprint density at radius 3 is 2.77 bits per heavy atom. The van der Waals surface area contributed by atoms with E-state index in [0.717, 1.165) is 16.3 Å². The van der Waals surface area contributed by atoms with Crippen LogP contribution in [0, 0.1) is 11.3 Å². The first-order valence-corrected chi connectivity index (χ1v) is 7.44. The van der Waals surface area contributed by atoms with Gasteiger partial charge in [-0.25, -0.2) is 0 Å². The van der Waals surface area contributed by atoms with E-state index in [1.54, 1.807) is 4.90 Å². The molecular weight excluding hydrogens is 298 g/mol. The number of anilines is 1. The molecule has 4 nitrogen and oxygen atoms in total. The van der Waals surface area contributed by atoms with Crippen molar-refractivity contribution in [1.29, 1.82) is 5.26 Å². The third-order valence-corrected chi connectivity index (χ3v) is 3.67. The molecule has 1 aromatic heterocycles. The smallest absolute Gasteiger partial charge is 0.234 e. The summed E-state index contributed by atoms with van der Waals surface area (Å²) in [7, 11) is 1.83. The summed E-state index contributed by atoms with van der Waals surface area (Å²) in [5, 5.41) is 11.4. The molecule has 2 aromatic carbocycles. The number of nitrogens with zero attached hydrogens (tertiary/aromatic N) is 3. The monoisotopic (exact) mass is 311 g/mol. The van der Waals surface area contributed by atoms with Gasteiger partial charge in [0.2, 0.25) is 17.5 Å². The number of benzene rings is 2. The first kappa shape index (κ1) is 14.4. The number of fused-ring (bicyclic) bond motifs is 1. The molecule has 0 amide bonds. The summed E-state index contributed by atoms with van der Waals surface area (Å²) in [5.74, 6) is 1.35. The molecule has 0 radical (unpaired) electrons. The fraction of sp³-hybridized carbons (Fsp3) is 0.176. The van der Waals surface area contributed by atoms with Gasteiger partial charge in [-0.1, -0.05) is 36.4 Å². The van der Waals surface area contributed by atoms with Gasteiger partial charge < -0.3 is 9.32 Å². The van der Waals surface area contributed by atoms with Gasteiger partial charge in [0.15, 0.2) is 0 Å². The third kappa shape index (κ3) is 2.51. The van der Waals surface area contributed by atoms with Crippen molar-refractivity contribution in [1.82, 2.24) is 4.98 Å². The zero-order chi connectivity index (χ0) is 15.5. The van der Waals surface area contributed by atoms with Gasteiger partial charge in [0.1, 0.15) is 6.07 Å². The maximum absolute atomic E-state index is 9.28. The first-order chi connectivity index (χ1) is 10.7. The van der Waals surface area contributed by atoms with Gasteiger partial charge in [-0.05, 0) is 16.8 Å². The SMILES string of the molecule is CN(CCCl)c1oc(-c2cccc3ccccc23)nc1C#N. The molecule has 0 unspecified atom stereocenters. The summed E-state index contributed by atoms with van der Waals surface area (Å²) in [6.07, 6.45) is 0. The molecule has 0 saturated heterocycles. The van der Waals surface area contributed by atoms with Crippen molar-refractivity contribution in [2.75, 3.05) is 24.4 Å². The molecule has 5 heteroatoms. The molecule has 0 atom stereocenters. The van der Waals surface area contributed by atoms with E-state index in [2.05, 4.69) is 11.1 Å². The van der Waals surface area contributed by atoms with Crippen molar-refractivity contribution in [3.8, 4) is 17.5 Å². The van der Waals surface area contributed by atoms with E-state index >= 15 is 0 Å². The number of nitriles is 1. The number of alkyl halides is 1. The van der Waals surface area contributed by atoms with E-state index in [9.17, 15) is 5.26 Å². The number of hydrogen-bond acceptors (Lipinski definition) is 4. The summed E-state index contributed by atoms with van der Waals surface area (Å²) in [6, 6.07) is 16.0. The largest absolute Gasteiger partial charge is 0.419 e. The van der Waals surface area contributed by atoms with Crippen molar-refractivity contribution in [2.24, 2.45) is 0 Å². The molecule has 110 valence electrons. The normalized spacial score (nSPS) is 10.6. The highest BCUT2D eigenvalue weighted by molar-refractivity contribution is 6.18. The van der Waals surface area contributed by atoms with Crippen molar-refractivity contribution < 1.29 is 4.42 Å². The fourth-order valence-electron chi connectivity index (χ4n) is 2.40. The molecular formula is C17H14ClN3O. The highest BCUT2D eigenvalue weighted by atomic mass is 35.5. The van der Waals surface area contributed by atoms with Gasteiger partial charge in [0.05, 0.1) is 0 Å². The highest BCUT2D eigenvalue weighted by Gasteiger charge is 2.18. The van der Waals surface area contributed by atoms with E-state index < -0.39 is 0 Å². The molecule has 1 heterocycles. The van der Waals surface area contributed by atoms with Crippen LogP contribution in [0.3, 0.4) is 0 Å². The average molecular weight is 312 g/mol. The molecule has 0 saturated carbocycles. The van der Waals surface area contributed by atoms with E-state index in [1.165, 1.54) is 0 Å². The standard InChI is InChI=1S/C17H14ClN3O/c1-21(10-9-18)17-15(11-19)20-16(22-17)14-8-4-6-12-5-2-3-7-13(12)14/h2-8H,9-10H2,1H3. The minimum absolute atomic E-state index is 0.274. The molecule has 3 aromatic rings.